The molecule has 3 rings (SSSR count). The van der Waals surface area contributed by atoms with E-state index in [1.54, 1.807) is 6.92 Å². The molecule has 0 aliphatic carbocycles. The number of carbonyl (C=O) groups excluding carboxylic acids is 3. The van der Waals surface area contributed by atoms with Gasteiger partial charge in [-0.15, -0.1) is 0 Å². The number of carbonyl (C=O) groups is 3. The van der Waals surface area contributed by atoms with E-state index in [1.165, 1.54) is 4.90 Å². The van der Waals surface area contributed by atoms with Crippen LogP contribution in [0.5, 0.6) is 0 Å². The second-order valence-corrected chi connectivity index (χ2v) is 8.50. The zero-order chi connectivity index (χ0) is 24.5. The second-order valence-electron chi connectivity index (χ2n) is 8.50. The minimum absolute atomic E-state index is 0.0397. The second kappa shape index (κ2) is 12.2. The van der Waals surface area contributed by atoms with Gasteiger partial charge in [0.05, 0.1) is 0 Å². The quantitative estimate of drug-likeness (QED) is 0.565. The van der Waals surface area contributed by atoms with Gasteiger partial charge in [0.1, 0.15) is 25.4 Å². The van der Waals surface area contributed by atoms with E-state index in [1.807, 2.05) is 74.5 Å². The number of nitrogens with zero attached hydrogens (tertiary/aromatic N) is 1. The molecular formula is C26H32N2O6. The fraction of sp³-hybridized carbons (Fsp3) is 0.423. The molecule has 1 heterocycles. The monoisotopic (exact) mass is 468 g/mol. The van der Waals surface area contributed by atoms with Crippen LogP contribution in [0, 0.1) is 5.92 Å². The first-order chi connectivity index (χ1) is 16.4. The van der Waals surface area contributed by atoms with E-state index in [-0.39, 0.29) is 31.6 Å². The Morgan fingerprint density at radius 1 is 1.03 bits per heavy atom. The number of alkyl carbamates (subject to hydrolysis) is 1. The number of esters is 1. The summed E-state index contributed by atoms with van der Waals surface area (Å²) < 4.78 is 16.5. The van der Waals surface area contributed by atoms with Crippen molar-refractivity contribution >= 4 is 18.0 Å². The van der Waals surface area contributed by atoms with Gasteiger partial charge in [0.25, 0.3) is 0 Å². The highest BCUT2D eigenvalue weighted by Crippen LogP contribution is 2.25. The first kappa shape index (κ1) is 25.2. The molecule has 3 unspecified atom stereocenters. The molecule has 1 aliphatic heterocycles. The largest absolute Gasteiger partial charge is 0.445 e. The summed E-state index contributed by atoms with van der Waals surface area (Å²) in [5, 5.41) is 2.70. The number of hydrogen-bond acceptors (Lipinski definition) is 6. The van der Waals surface area contributed by atoms with E-state index in [2.05, 4.69) is 5.32 Å². The van der Waals surface area contributed by atoms with E-state index in [9.17, 15) is 14.4 Å². The van der Waals surface area contributed by atoms with Crippen molar-refractivity contribution in [2.45, 2.75) is 58.6 Å². The van der Waals surface area contributed by atoms with Gasteiger partial charge in [-0.2, -0.15) is 0 Å². The highest BCUT2D eigenvalue weighted by molar-refractivity contribution is 5.86. The molecule has 2 aromatic carbocycles. The fourth-order valence-electron chi connectivity index (χ4n) is 3.71. The van der Waals surface area contributed by atoms with E-state index in [4.69, 9.17) is 14.2 Å². The number of nitrogens with one attached hydrogen (secondary N) is 1. The van der Waals surface area contributed by atoms with Crippen molar-refractivity contribution < 1.29 is 28.6 Å². The number of ether oxygens (including phenoxy) is 3. The lowest BCUT2D eigenvalue weighted by molar-refractivity contribution is -0.171. The highest BCUT2D eigenvalue weighted by atomic mass is 16.7. The maximum absolute atomic E-state index is 13.5. The normalized spacial score (nSPS) is 18.4. The Morgan fingerprint density at radius 3 is 2.24 bits per heavy atom. The predicted octanol–water partition coefficient (Wildman–Crippen LogP) is 3.64. The Bertz CT molecular complexity index is 950. The van der Waals surface area contributed by atoms with Crippen LogP contribution in [0.4, 0.5) is 4.79 Å². The summed E-state index contributed by atoms with van der Waals surface area (Å²) in [6, 6.07) is 17.6. The van der Waals surface area contributed by atoms with Crippen molar-refractivity contribution in [3.63, 3.8) is 0 Å². The first-order valence-corrected chi connectivity index (χ1v) is 11.5. The fourth-order valence-corrected chi connectivity index (χ4v) is 3.71. The summed E-state index contributed by atoms with van der Waals surface area (Å²) >= 11 is 0. The number of amides is 2. The molecule has 0 saturated carbocycles. The van der Waals surface area contributed by atoms with Gasteiger partial charge in [0, 0.05) is 6.42 Å². The Kier molecular flexibility index (Phi) is 9.04. The first-order valence-electron chi connectivity index (χ1n) is 11.5. The molecular weight excluding hydrogens is 436 g/mol. The Balaban J connectivity index is 1.71. The molecule has 8 nitrogen and oxygen atoms in total. The average molecular weight is 469 g/mol. The standard InChI is InChI=1S/C26H32N2O6/c1-4-22(29)34-25-21(15-19-11-7-5-8-12-19)28(17-33-25)24(30)23(18(2)3)27-26(31)32-16-20-13-9-6-10-14-20/h5-14,18,21,23,25H,4,15-17H2,1-3H3,(H,27,31). The zero-order valence-electron chi connectivity index (χ0n) is 19.8. The minimum atomic E-state index is -0.880. The number of hydrogen-bond donors (Lipinski definition) is 1. The van der Waals surface area contributed by atoms with Crippen LogP contribution in [0.15, 0.2) is 60.7 Å². The van der Waals surface area contributed by atoms with Crippen LogP contribution in [-0.4, -0.2) is 48.0 Å². The van der Waals surface area contributed by atoms with Crippen molar-refractivity contribution in [1.29, 1.82) is 0 Å². The summed E-state index contributed by atoms with van der Waals surface area (Å²) in [6.07, 6.45) is -0.911. The van der Waals surface area contributed by atoms with Crippen LogP contribution >= 0.6 is 0 Å². The Labute approximate surface area is 200 Å². The van der Waals surface area contributed by atoms with Crippen molar-refractivity contribution in [2.75, 3.05) is 6.73 Å². The van der Waals surface area contributed by atoms with Crippen LogP contribution in [0.25, 0.3) is 0 Å². The van der Waals surface area contributed by atoms with Gasteiger partial charge in [-0.25, -0.2) is 4.79 Å². The topological polar surface area (TPSA) is 94.2 Å². The highest BCUT2D eigenvalue weighted by Gasteiger charge is 2.43. The maximum Gasteiger partial charge on any atom is 0.408 e. The van der Waals surface area contributed by atoms with E-state index in [0.29, 0.717) is 6.42 Å². The summed E-state index contributed by atoms with van der Waals surface area (Å²) in [4.78, 5) is 39.5. The van der Waals surface area contributed by atoms with Crippen LogP contribution in [0.3, 0.4) is 0 Å². The third kappa shape index (κ3) is 6.81. The lowest BCUT2D eigenvalue weighted by atomic mass is 10.00. The Hall–Kier alpha value is -3.39. The molecule has 1 aliphatic rings. The molecule has 0 bridgehead atoms. The van der Waals surface area contributed by atoms with Gasteiger partial charge in [0.15, 0.2) is 0 Å². The van der Waals surface area contributed by atoms with Crippen molar-refractivity contribution in [2.24, 2.45) is 5.92 Å². The minimum Gasteiger partial charge on any atom is -0.445 e. The molecule has 0 radical (unpaired) electrons. The summed E-state index contributed by atoms with van der Waals surface area (Å²) in [5.41, 5.74) is 1.83. The van der Waals surface area contributed by atoms with Gasteiger partial charge in [-0.05, 0) is 23.5 Å². The van der Waals surface area contributed by atoms with E-state index in [0.717, 1.165) is 11.1 Å². The molecule has 8 heteroatoms. The van der Waals surface area contributed by atoms with E-state index >= 15 is 0 Å². The summed E-state index contributed by atoms with van der Waals surface area (Å²) in [5.74, 6) is -0.922. The van der Waals surface area contributed by atoms with Gasteiger partial charge < -0.3 is 24.4 Å². The summed E-state index contributed by atoms with van der Waals surface area (Å²) in [7, 11) is 0. The molecule has 1 saturated heterocycles. The van der Waals surface area contributed by atoms with Gasteiger partial charge in [-0.3, -0.25) is 9.59 Å². The van der Waals surface area contributed by atoms with Crippen LogP contribution < -0.4 is 5.32 Å². The summed E-state index contributed by atoms with van der Waals surface area (Å²) in [6.45, 7) is 5.45. The van der Waals surface area contributed by atoms with Gasteiger partial charge >= 0.3 is 12.1 Å². The third-order valence-corrected chi connectivity index (χ3v) is 5.62. The number of benzene rings is 2. The molecule has 3 atom stereocenters. The molecule has 2 amide bonds. The molecule has 1 fully saturated rings. The maximum atomic E-state index is 13.5. The van der Waals surface area contributed by atoms with E-state index < -0.39 is 30.4 Å². The molecule has 2 aromatic rings. The average Bonchev–Trinajstić information content (AvgIpc) is 3.23. The molecule has 34 heavy (non-hydrogen) atoms. The lowest BCUT2D eigenvalue weighted by Gasteiger charge is -2.30. The van der Waals surface area contributed by atoms with Crippen molar-refractivity contribution in [3.05, 3.63) is 71.8 Å². The molecule has 1 N–H and O–H groups in total. The predicted molar refractivity (Wildman–Crippen MR) is 125 cm³/mol. The van der Waals surface area contributed by atoms with Gasteiger partial charge in [-0.1, -0.05) is 81.4 Å². The van der Waals surface area contributed by atoms with Crippen LogP contribution in [0.2, 0.25) is 0 Å². The molecule has 0 aromatic heterocycles. The smallest absolute Gasteiger partial charge is 0.408 e. The van der Waals surface area contributed by atoms with Crippen molar-refractivity contribution in [3.8, 4) is 0 Å². The molecule has 0 spiro atoms. The van der Waals surface area contributed by atoms with Crippen LogP contribution in [0.1, 0.15) is 38.3 Å². The zero-order valence-corrected chi connectivity index (χ0v) is 19.8. The SMILES string of the molecule is CCC(=O)OC1OCN(C(=O)C(NC(=O)OCc2ccccc2)C(C)C)C1Cc1ccccc1. The molecule has 182 valence electrons. The third-order valence-electron chi connectivity index (χ3n) is 5.62. The van der Waals surface area contributed by atoms with Crippen LogP contribution in [-0.2, 0) is 36.8 Å². The lowest BCUT2D eigenvalue weighted by Crippen LogP contribution is -2.54. The van der Waals surface area contributed by atoms with Gasteiger partial charge in [0.2, 0.25) is 12.2 Å². The van der Waals surface area contributed by atoms with Crippen molar-refractivity contribution in [1.82, 2.24) is 10.2 Å². The Morgan fingerprint density at radius 2 is 1.65 bits per heavy atom. The number of rotatable bonds is 9.